The fourth-order valence-electron chi connectivity index (χ4n) is 1.97. The van der Waals surface area contributed by atoms with Crippen molar-refractivity contribution in [3.63, 3.8) is 0 Å². The number of halogens is 1. The summed E-state index contributed by atoms with van der Waals surface area (Å²) in [4.78, 5) is 7.20. The average Bonchev–Trinajstić information content (AvgIpc) is 2.82. The minimum atomic E-state index is -0.685. The summed E-state index contributed by atoms with van der Waals surface area (Å²) in [6, 6.07) is 11.0. The van der Waals surface area contributed by atoms with Crippen LogP contribution >= 0.6 is 11.6 Å². The van der Waals surface area contributed by atoms with Crippen LogP contribution in [-0.4, -0.2) is 15.1 Å². The van der Waals surface area contributed by atoms with Crippen LogP contribution in [0.15, 0.2) is 48.8 Å². The summed E-state index contributed by atoms with van der Waals surface area (Å²) in [5, 5.41) is 12.0. The minimum Gasteiger partial charge on any atom is -0.382 e. The number of pyridine rings is 1. The fourth-order valence-corrected chi connectivity index (χ4v) is 2.09. The number of rotatable bonds is 2. The van der Waals surface area contributed by atoms with Crippen LogP contribution in [0, 0.1) is 0 Å². The first-order valence-corrected chi connectivity index (χ1v) is 5.98. The number of nitrogens with zero attached hydrogens (tertiary/aromatic N) is 1. The number of hydrogen-bond donors (Lipinski definition) is 2. The van der Waals surface area contributed by atoms with Crippen LogP contribution < -0.4 is 0 Å². The van der Waals surface area contributed by atoms with Crippen molar-refractivity contribution in [3.8, 4) is 0 Å². The summed E-state index contributed by atoms with van der Waals surface area (Å²) >= 11 is 5.83. The van der Waals surface area contributed by atoms with Gasteiger partial charge in [-0.2, -0.15) is 0 Å². The zero-order valence-corrected chi connectivity index (χ0v) is 10.2. The molecule has 2 N–H and O–H groups in total. The predicted octanol–water partition coefficient (Wildman–Crippen LogP) is 3.30. The third-order valence-corrected chi connectivity index (χ3v) is 3.18. The van der Waals surface area contributed by atoms with Crippen molar-refractivity contribution in [3.05, 3.63) is 65.1 Å². The van der Waals surface area contributed by atoms with E-state index in [-0.39, 0.29) is 0 Å². The topological polar surface area (TPSA) is 48.9 Å². The molecule has 2 aromatic heterocycles. The van der Waals surface area contributed by atoms with E-state index in [0.29, 0.717) is 5.02 Å². The van der Waals surface area contributed by atoms with Crippen LogP contribution in [0.5, 0.6) is 0 Å². The van der Waals surface area contributed by atoms with E-state index < -0.39 is 6.10 Å². The fraction of sp³-hybridized carbons (Fsp3) is 0.0714. The smallest absolute Gasteiger partial charge is 0.119 e. The maximum atomic E-state index is 10.3. The van der Waals surface area contributed by atoms with Gasteiger partial charge in [0.2, 0.25) is 0 Å². The highest BCUT2D eigenvalue weighted by molar-refractivity contribution is 6.30. The minimum absolute atomic E-state index is 0.659. The molecule has 3 rings (SSSR count). The van der Waals surface area contributed by atoms with E-state index in [1.54, 1.807) is 24.5 Å². The zero-order chi connectivity index (χ0) is 12.5. The molecule has 0 bridgehead atoms. The molecule has 3 nitrogen and oxygen atoms in total. The third-order valence-electron chi connectivity index (χ3n) is 2.93. The third kappa shape index (κ3) is 1.98. The Balaban J connectivity index is 2.00. The molecule has 0 aliphatic rings. The van der Waals surface area contributed by atoms with Crippen molar-refractivity contribution in [2.75, 3.05) is 0 Å². The van der Waals surface area contributed by atoms with Gasteiger partial charge in [0.1, 0.15) is 6.10 Å². The van der Waals surface area contributed by atoms with E-state index in [9.17, 15) is 5.11 Å². The number of hydrogen-bond acceptors (Lipinski definition) is 2. The van der Waals surface area contributed by atoms with Crippen LogP contribution in [0.1, 0.15) is 17.4 Å². The monoisotopic (exact) mass is 258 g/mol. The second-order valence-electron chi connectivity index (χ2n) is 4.14. The quantitative estimate of drug-likeness (QED) is 0.741. The largest absolute Gasteiger partial charge is 0.382 e. The Morgan fingerprint density at radius 3 is 2.67 bits per heavy atom. The van der Waals surface area contributed by atoms with Crippen molar-refractivity contribution < 1.29 is 5.11 Å². The van der Waals surface area contributed by atoms with E-state index in [0.717, 1.165) is 22.2 Å². The molecule has 2 heterocycles. The Morgan fingerprint density at radius 1 is 1.17 bits per heavy atom. The maximum Gasteiger partial charge on any atom is 0.119 e. The van der Waals surface area contributed by atoms with Gasteiger partial charge in [0.25, 0.3) is 0 Å². The van der Waals surface area contributed by atoms with E-state index in [1.807, 2.05) is 24.3 Å². The molecular formula is C14H11ClN2O. The first-order valence-electron chi connectivity index (χ1n) is 5.60. The predicted molar refractivity (Wildman–Crippen MR) is 71.6 cm³/mol. The molecule has 0 fully saturated rings. The highest BCUT2D eigenvalue weighted by Crippen LogP contribution is 2.25. The normalized spacial score (nSPS) is 12.8. The lowest BCUT2D eigenvalue weighted by Gasteiger charge is -2.08. The number of aliphatic hydroxyl groups excluding tert-OH is 1. The van der Waals surface area contributed by atoms with Gasteiger partial charge >= 0.3 is 0 Å². The molecule has 0 aliphatic carbocycles. The van der Waals surface area contributed by atoms with Gasteiger partial charge in [0.05, 0.1) is 11.7 Å². The summed E-state index contributed by atoms with van der Waals surface area (Å²) < 4.78 is 0. The van der Waals surface area contributed by atoms with Crippen LogP contribution in [0.4, 0.5) is 0 Å². The molecule has 18 heavy (non-hydrogen) atoms. The second kappa shape index (κ2) is 4.44. The van der Waals surface area contributed by atoms with Crippen molar-refractivity contribution in [1.29, 1.82) is 0 Å². The first-order chi connectivity index (χ1) is 8.74. The Morgan fingerprint density at radius 2 is 1.94 bits per heavy atom. The molecule has 0 amide bonds. The molecule has 0 radical (unpaired) electrons. The van der Waals surface area contributed by atoms with Crippen molar-refractivity contribution in [1.82, 2.24) is 9.97 Å². The van der Waals surface area contributed by atoms with Crippen LogP contribution in [0.3, 0.4) is 0 Å². The number of aromatic amines is 1. The van der Waals surface area contributed by atoms with E-state index in [2.05, 4.69) is 9.97 Å². The lowest BCUT2D eigenvalue weighted by atomic mass is 10.1. The standard InChI is InChI=1S/C14H11ClN2O/c15-11-3-1-9(2-4-11)14(18)12-7-10-5-6-16-8-13(10)17-12/h1-8,14,17-18H. The van der Waals surface area contributed by atoms with Crippen molar-refractivity contribution >= 4 is 22.5 Å². The molecule has 0 saturated carbocycles. The molecule has 0 spiro atoms. The molecule has 0 saturated heterocycles. The van der Waals surface area contributed by atoms with Crippen molar-refractivity contribution in [2.45, 2.75) is 6.10 Å². The summed E-state index contributed by atoms with van der Waals surface area (Å²) in [5.74, 6) is 0. The number of nitrogens with one attached hydrogen (secondary N) is 1. The molecule has 0 aliphatic heterocycles. The van der Waals surface area contributed by atoms with Crippen molar-refractivity contribution in [2.24, 2.45) is 0 Å². The molecule has 1 aromatic carbocycles. The van der Waals surface area contributed by atoms with E-state index in [1.165, 1.54) is 0 Å². The Labute approximate surface area is 109 Å². The highest BCUT2D eigenvalue weighted by Gasteiger charge is 2.12. The molecule has 1 atom stereocenters. The number of H-pyrrole nitrogens is 1. The van der Waals surface area contributed by atoms with E-state index >= 15 is 0 Å². The van der Waals surface area contributed by atoms with Gasteiger partial charge in [-0.3, -0.25) is 4.98 Å². The number of benzene rings is 1. The second-order valence-corrected chi connectivity index (χ2v) is 4.58. The van der Waals surface area contributed by atoms with Gasteiger partial charge < -0.3 is 10.1 Å². The molecular weight excluding hydrogens is 248 g/mol. The summed E-state index contributed by atoms with van der Waals surface area (Å²) in [6.45, 7) is 0. The first kappa shape index (κ1) is 11.3. The van der Waals surface area contributed by atoms with Gasteiger partial charge in [-0.15, -0.1) is 0 Å². The number of aromatic nitrogens is 2. The van der Waals surface area contributed by atoms with Crippen LogP contribution in [-0.2, 0) is 0 Å². The van der Waals surface area contributed by atoms with Crippen LogP contribution in [0.2, 0.25) is 5.02 Å². The molecule has 3 aromatic rings. The molecule has 1 unspecified atom stereocenters. The lowest BCUT2D eigenvalue weighted by Crippen LogP contribution is -1.99. The Kier molecular flexibility index (Phi) is 2.78. The number of aliphatic hydroxyl groups is 1. The molecule has 4 heteroatoms. The zero-order valence-electron chi connectivity index (χ0n) is 9.47. The summed E-state index contributed by atoms with van der Waals surface area (Å²) in [5.41, 5.74) is 2.47. The van der Waals surface area contributed by atoms with Gasteiger partial charge in [-0.1, -0.05) is 23.7 Å². The summed E-state index contributed by atoms with van der Waals surface area (Å²) in [7, 11) is 0. The summed E-state index contributed by atoms with van der Waals surface area (Å²) in [6.07, 6.45) is 2.79. The molecule has 90 valence electrons. The van der Waals surface area contributed by atoms with E-state index in [4.69, 9.17) is 11.6 Å². The van der Waals surface area contributed by atoms with Gasteiger partial charge in [0.15, 0.2) is 0 Å². The average molecular weight is 259 g/mol. The SMILES string of the molecule is OC(c1ccc(Cl)cc1)c1cc2ccncc2[nH]1. The van der Waals surface area contributed by atoms with Gasteiger partial charge in [-0.05, 0) is 29.8 Å². The van der Waals surface area contributed by atoms with Crippen LogP contribution in [0.25, 0.3) is 10.9 Å². The van der Waals surface area contributed by atoms with Gasteiger partial charge in [0, 0.05) is 22.3 Å². The maximum absolute atomic E-state index is 10.3. The van der Waals surface area contributed by atoms with Gasteiger partial charge in [-0.25, -0.2) is 0 Å². The number of fused-ring (bicyclic) bond motifs is 1. The Hall–Kier alpha value is -1.84. The highest BCUT2D eigenvalue weighted by atomic mass is 35.5. The Bertz CT molecular complexity index is 643. The lowest BCUT2D eigenvalue weighted by molar-refractivity contribution is 0.216.